The Morgan fingerprint density at radius 2 is 2.25 bits per heavy atom. The maximum atomic E-state index is 11.5. The molecule has 2 rings (SSSR count). The third kappa shape index (κ3) is 1.94. The van der Waals surface area contributed by atoms with E-state index in [4.69, 9.17) is 16.3 Å². The molecule has 2 aliphatic rings. The number of urea groups is 1. The van der Waals surface area contributed by atoms with Gasteiger partial charge in [-0.05, 0) is 12.8 Å². The monoisotopic (exact) mass is 248 g/mol. The van der Waals surface area contributed by atoms with Crippen LogP contribution in [0.15, 0.2) is 0 Å². The molecule has 1 saturated carbocycles. The molecule has 1 saturated heterocycles. The van der Waals surface area contributed by atoms with E-state index in [0.29, 0.717) is 30.9 Å². The van der Waals surface area contributed by atoms with Crippen molar-refractivity contribution < 1.29 is 19.5 Å². The number of alkyl halides is 1. The Morgan fingerprint density at radius 1 is 1.62 bits per heavy atom. The molecule has 16 heavy (non-hydrogen) atoms. The maximum absolute atomic E-state index is 11.5. The van der Waals surface area contributed by atoms with Crippen molar-refractivity contribution in [3.63, 3.8) is 0 Å². The Morgan fingerprint density at radius 3 is 2.81 bits per heavy atom. The van der Waals surface area contributed by atoms with Crippen molar-refractivity contribution in [1.82, 2.24) is 9.96 Å². The molecule has 90 valence electrons. The van der Waals surface area contributed by atoms with Crippen LogP contribution in [0.3, 0.4) is 0 Å². The number of esters is 1. The lowest BCUT2D eigenvalue weighted by atomic mass is 10.3. The molecule has 0 bridgehead atoms. The molecular formula is C9H13ClN2O4. The highest BCUT2D eigenvalue weighted by atomic mass is 35.5. The zero-order valence-electron chi connectivity index (χ0n) is 8.85. The first-order chi connectivity index (χ1) is 7.44. The van der Waals surface area contributed by atoms with Gasteiger partial charge in [-0.15, -0.1) is 11.6 Å². The third-order valence-corrected chi connectivity index (χ3v) is 3.34. The summed E-state index contributed by atoms with van der Waals surface area (Å²) < 4.78 is 5.01. The number of rotatable bonds is 2. The first-order valence-electron chi connectivity index (χ1n) is 5.07. The summed E-state index contributed by atoms with van der Waals surface area (Å²) in [6.45, 7) is 0.434. The molecule has 1 aliphatic heterocycles. The number of hydrogen-bond donors (Lipinski definition) is 1. The molecule has 1 unspecified atom stereocenters. The van der Waals surface area contributed by atoms with Crippen LogP contribution in [0.25, 0.3) is 0 Å². The van der Waals surface area contributed by atoms with E-state index in [1.54, 1.807) is 7.05 Å². The zero-order valence-corrected chi connectivity index (χ0v) is 9.61. The van der Waals surface area contributed by atoms with Crippen molar-refractivity contribution in [2.45, 2.75) is 30.4 Å². The van der Waals surface area contributed by atoms with E-state index in [1.807, 2.05) is 0 Å². The van der Waals surface area contributed by atoms with Gasteiger partial charge in [-0.25, -0.2) is 4.79 Å². The molecule has 1 N–H and O–H groups in total. The molecule has 1 aliphatic carbocycles. The molecule has 0 aromatic heterocycles. The summed E-state index contributed by atoms with van der Waals surface area (Å²) >= 11 is 5.86. The minimum absolute atomic E-state index is 0.372. The van der Waals surface area contributed by atoms with E-state index >= 15 is 0 Å². The Hall–Kier alpha value is -1.01. The molecular weight excluding hydrogens is 236 g/mol. The second-order valence-corrected chi connectivity index (χ2v) is 4.89. The largest absolute Gasteiger partial charge is 0.438 e. The summed E-state index contributed by atoms with van der Waals surface area (Å²) in [4.78, 5) is 23.3. The van der Waals surface area contributed by atoms with Crippen molar-refractivity contribution in [3.8, 4) is 0 Å². The Labute approximate surface area is 97.7 Å². The van der Waals surface area contributed by atoms with E-state index in [2.05, 4.69) is 0 Å². The lowest BCUT2D eigenvalue weighted by Gasteiger charge is -2.35. The fourth-order valence-electron chi connectivity index (χ4n) is 1.47. The van der Waals surface area contributed by atoms with Gasteiger partial charge in [-0.1, -0.05) is 0 Å². The van der Waals surface area contributed by atoms with Crippen molar-refractivity contribution in [2.75, 3.05) is 13.6 Å². The third-order valence-electron chi connectivity index (χ3n) is 2.80. The predicted molar refractivity (Wildman–Crippen MR) is 54.0 cm³/mol. The number of hydroxylamine groups is 2. The zero-order chi connectivity index (χ0) is 11.9. The average molecular weight is 249 g/mol. The maximum Gasteiger partial charge on any atom is 0.346 e. The first-order valence-corrected chi connectivity index (χ1v) is 5.45. The second-order valence-electron chi connectivity index (χ2n) is 4.16. The van der Waals surface area contributed by atoms with Gasteiger partial charge in [-0.2, -0.15) is 5.06 Å². The van der Waals surface area contributed by atoms with Gasteiger partial charge in [0.25, 0.3) is 0 Å². The molecule has 1 heterocycles. The van der Waals surface area contributed by atoms with Crippen LogP contribution in [0.2, 0.25) is 0 Å². The number of ether oxygens (including phenoxy) is 1. The highest BCUT2D eigenvalue weighted by Crippen LogP contribution is 2.44. The minimum atomic E-state index is -0.924. The molecule has 1 atom stereocenters. The number of carbonyl (C=O) groups excluding carboxylic acids is 2. The van der Waals surface area contributed by atoms with E-state index in [-0.39, 0.29) is 0 Å². The topological polar surface area (TPSA) is 70.1 Å². The smallest absolute Gasteiger partial charge is 0.346 e. The van der Waals surface area contributed by atoms with Crippen molar-refractivity contribution >= 4 is 23.6 Å². The van der Waals surface area contributed by atoms with Gasteiger partial charge in [0.1, 0.15) is 4.87 Å². The van der Waals surface area contributed by atoms with Crippen LogP contribution in [0.1, 0.15) is 19.3 Å². The van der Waals surface area contributed by atoms with Crippen LogP contribution >= 0.6 is 11.6 Å². The van der Waals surface area contributed by atoms with Crippen LogP contribution in [0, 0.1) is 0 Å². The lowest BCUT2D eigenvalue weighted by molar-refractivity contribution is -0.204. The Balaban J connectivity index is 1.95. The Bertz CT molecular complexity index is 331. The molecule has 0 aromatic rings. The number of nitrogens with zero attached hydrogens (tertiary/aromatic N) is 2. The van der Waals surface area contributed by atoms with Gasteiger partial charge < -0.3 is 9.64 Å². The fraction of sp³-hybridized carbons (Fsp3) is 0.778. The molecule has 0 aromatic carbocycles. The second kappa shape index (κ2) is 3.78. The number of carbonyl (C=O) groups is 2. The number of hydrogen-bond acceptors (Lipinski definition) is 4. The standard InChI is InChI=1S/C9H13ClN2O4/c1-11-5-2-6(12(15)8(11)14)16-7(13)9(10)3-4-9/h6,15H,2-5H2,1H3. The number of amides is 2. The molecule has 0 radical (unpaired) electrons. The lowest BCUT2D eigenvalue weighted by Crippen LogP contribution is -2.53. The fourth-order valence-corrected chi connectivity index (χ4v) is 1.61. The first kappa shape index (κ1) is 11.5. The van der Waals surface area contributed by atoms with Crippen LogP contribution < -0.4 is 0 Å². The summed E-state index contributed by atoms with van der Waals surface area (Å²) in [6, 6.07) is -0.580. The minimum Gasteiger partial charge on any atom is -0.438 e. The normalized spacial score (nSPS) is 27.9. The molecule has 0 spiro atoms. The van der Waals surface area contributed by atoms with Gasteiger partial charge in [0, 0.05) is 20.0 Å². The van der Waals surface area contributed by atoms with Gasteiger partial charge in [0.15, 0.2) is 0 Å². The molecule has 6 nitrogen and oxygen atoms in total. The summed E-state index contributed by atoms with van der Waals surface area (Å²) in [5.74, 6) is -0.560. The molecule has 2 fully saturated rings. The van der Waals surface area contributed by atoms with Crippen molar-refractivity contribution in [3.05, 3.63) is 0 Å². The summed E-state index contributed by atoms with van der Waals surface area (Å²) in [5, 5.41) is 9.90. The van der Waals surface area contributed by atoms with Crippen LogP contribution in [0.4, 0.5) is 4.79 Å². The van der Waals surface area contributed by atoms with Gasteiger partial charge in [0.05, 0.1) is 0 Å². The van der Waals surface area contributed by atoms with Crippen LogP contribution in [-0.2, 0) is 9.53 Å². The van der Waals surface area contributed by atoms with Gasteiger partial charge in [0.2, 0.25) is 6.23 Å². The highest BCUT2D eigenvalue weighted by molar-refractivity contribution is 6.36. The summed E-state index contributed by atoms with van der Waals surface area (Å²) in [7, 11) is 1.56. The van der Waals surface area contributed by atoms with E-state index in [1.165, 1.54) is 4.90 Å². The molecule has 7 heteroatoms. The summed E-state index contributed by atoms with van der Waals surface area (Å²) in [6.07, 6.45) is 0.614. The SMILES string of the molecule is CN1CCC(OC(=O)C2(Cl)CC2)N(O)C1=O. The highest BCUT2D eigenvalue weighted by Gasteiger charge is 2.51. The summed E-state index contributed by atoms with van der Waals surface area (Å²) in [5.41, 5.74) is 0. The predicted octanol–water partition coefficient (Wildman–Crippen LogP) is 0.774. The van der Waals surface area contributed by atoms with Crippen molar-refractivity contribution in [1.29, 1.82) is 0 Å². The molecule has 2 amide bonds. The van der Waals surface area contributed by atoms with Crippen LogP contribution in [0.5, 0.6) is 0 Å². The van der Waals surface area contributed by atoms with Gasteiger partial charge >= 0.3 is 12.0 Å². The van der Waals surface area contributed by atoms with Gasteiger partial charge in [-0.3, -0.25) is 10.0 Å². The Kier molecular flexibility index (Phi) is 2.71. The quantitative estimate of drug-likeness (QED) is 0.445. The van der Waals surface area contributed by atoms with Crippen molar-refractivity contribution in [2.24, 2.45) is 0 Å². The average Bonchev–Trinajstić information content (AvgIpc) is 2.99. The van der Waals surface area contributed by atoms with Crippen LogP contribution in [-0.4, -0.2) is 51.9 Å². The van der Waals surface area contributed by atoms with E-state index in [0.717, 1.165) is 0 Å². The number of halogens is 1. The van der Waals surface area contributed by atoms with E-state index in [9.17, 15) is 14.8 Å². The van der Waals surface area contributed by atoms with E-state index < -0.39 is 23.1 Å².